The third-order valence-electron chi connectivity index (χ3n) is 2.44. The van der Waals surface area contributed by atoms with Crippen molar-refractivity contribution in [1.29, 1.82) is 5.26 Å². The van der Waals surface area contributed by atoms with Gasteiger partial charge in [-0.2, -0.15) is 5.26 Å². The number of rotatable bonds is 6. The van der Waals surface area contributed by atoms with E-state index in [4.69, 9.17) is 5.26 Å². The average Bonchev–Trinajstić information content (AvgIpc) is 2.38. The van der Waals surface area contributed by atoms with E-state index < -0.39 is 10.0 Å². The molecule has 0 heterocycles. The van der Waals surface area contributed by atoms with Gasteiger partial charge >= 0.3 is 0 Å². The molecule has 0 bridgehead atoms. The van der Waals surface area contributed by atoms with E-state index in [1.54, 1.807) is 24.3 Å². The summed E-state index contributed by atoms with van der Waals surface area (Å²) in [4.78, 5) is 11.0. The lowest BCUT2D eigenvalue weighted by Crippen LogP contribution is -2.30. The number of hydrogen-bond donors (Lipinski definition) is 2. The summed E-state index contributed by atoms with van der Waals surface area (Å²) in [6, 6.07) is 8.46. The fourth-order valence-corrected chi connectivity index (χ4v) is 2.63. The van der Waals surface area contributed by atoms with Crippen LogP contribution in [-0.2, 0) is 20.6 Å². The van der Waals surface area contributed by atoms with Gasteiger partial charge in [0, 0.05) is 20.0 Å². The molecule has 1 aromatic rings. The normalized spacial score (nSPS) is 10.7. The molecule has 0 unspecified atom stereocenters. The van der Waals surface area contributed by atoms with Crippen LogP contribution in [0.1, 0.15) is 17.5 Å². The van der Waals surface area contributed by atoms with E-state index in [-0.39, 0.29) is 24.6 Å². The molecule has 19 heavy (non-hydrogen) atoms. The van der Waals surface area contributed by atoms with Crippen molar-refractivity contribution in [2.24, 2.45) is 0 Å². The van der Waals surface area contributed by atoms with Gasteiger partial charge in [-0.15, -0.1) is 0 Å². The first kappa shape index (κ1) is 15.1. The van der Waals surface area contributed by atoms with Crippen molar-refractivity contribution >= 4 is 15.9 Å². The molecule has 0 saturated heterocycles. The third-order valence-corrected chi connectivity index (χ3v) is 3.77. The SMILES string of the molecule is CNC(=O)CCNS(=O)(=O)Cc1ccccc1C#N. The molecule has 0 aliphatic carbocycles. The minimum atomic E-state index is -3.55. The van der Waals surface area contributed by atoms with Gasteiger partial charge in [-0.3, -0.25) is 4.79 Å². The van der Waals surface area contributed by atoms with Crippen molar-refractivity contribution < 1.29 is 13.2 Å². The highest BCUT2D eigenvalue weighted by atomic mass is 32.2. The van der Waals surface area contributed by atoms with Crippen LogP contribution in [0.25, 0.3) is 0 Å². The molecule has 1 rings (SSSR count). The first-order chi connectivity index (χ1) is 8.98. The Bertz CT molecular complexity index is 590. The van der Waals surface area contributed by atoms with Gasteiger partial charge in [0.25, 0.3) is 0 Å². The van der Waals surface area contributed by atoms with Gasteiger partial charge in [-0.25, -0.2) is 13.1 Å². The molecule has 0 spiro atoms. The lowest BCUT2D eigenvalue weighted by atomic mass is 10.1. The van der Waals surface area contributed by atoms with Gasteiger partial charge in [-0.05, 0) is 11.6 Å². The monoisotopic (exact) mass is 281 g/mol. The summed E-state index contributed by atoms with van der Waals surface area (Å²) in [5.41, 5.74) is 0.775. The lowest BCUT2D eigenvalue weighted by molar-refractivity contribution is -0.120. The van der Waals surface area contributed by atoms with Gasteiger partial charge in [0.05, 0.1) is 17.4 Å². The number of nitrogens with one attached hydrogen (secondary N) is 2. The summed E-state index contributed by atoms with van der Waals surface area (Å²) in [6.07, 6.45) is 0.0790. The maximum absolute atomic E-state index is 11.8. The quantitative estimate of drug-likeness (QED) is 0.773. The smallest absolute Gasteiger partial charge is 0.221 e. The molecule has 2 N–H and O–H groups in total. The maximum Gasteiger partial charge on any atom is 0.221 e. The second-order valence-electron chi connectivity index (χ2n) is 3.85. The molecule has 7 heteroatoms. The Kier molecular flexibility index (Phi) is 5.48. The van der Waals surface area contributed by atoms with Crippen molar-refractivity contribution in [3.8, 4) is 6.07 Å². The fourth-order valence-electron chi connectivity index (χ4n) is 1.46. The molecule has 0 aromatic heterocycles. The number of nitriles is 1. The number of amides is 1. The summed E-state index contributed by atoms with van der Waals surface area (Å²) in [5, 5.41) is 11.3. The van der Waals surface area contributed by atoms with Crippen molar-refractivity contribution in [2.45, 2.75) is 12.2 Å². The van der Waals surface area contributed by atoms with Crippen molar-refractivity contribution in [3.05, 3.63) is 35.4 Å². The predicted octanol–water partition coefficient (Wildman–Crippen LogP) is 0.114. The maximum atomic E-state index is 11.8. The molecule has 0 saturated carbocycles. The predicted molar refractivity (Wildman–Crippen MR) is 70.5 cm³/mol. The van der Waals surface area contributed by atoms with Crippen LogP contribution >= 0.6 is 0 Å². The Morgan fingerprint density at radius 1 is 1.37 bits per heavy atom. The number of benzene rings is 1. The van der Waals surface area contributed by atoms with Crippen LogP contribution in [0.5, 0.6) is 0 Å². The van der Waals surface area contributed by atoms with E-state index in [2.05, 4.69) is 10.0 Å². The number of nitrogens with zero attached hydrogens (tertiary/aromatic N) is 1. The lowest BCUT2D eigenvalue weighted by Gasteiger charge is -2.07. The number of carbonyl (C=O) groups is 1. The van der Waals surface area contributed by atoms with Crippen LogP contribution in [0.3, 0.4) is 0 Å². The molecule has 0 aliphatic heterocycles. The number of hydrogen-bond acceptors (Lipinski definition) is 4. The summed E-state index contributed by atoms with van der Waals surface area (Å²) in [6.45, 7) is 0.0384. The highest BCUT2D eigenvalue weighted by molar-refractivity contribution is 7.88. The molecule has 0 atom stereocenters. The van der Waals surface area contributed by atoms with Crippen LogP contribution < -0.4 is 10.0 Å². The first-order valence-corrected chi connectivity index (χ1v) is 7.29. The second-order valence-corrected chi connectivity index (χ2v) is 5.65. The Morgan fingerprint density at radius 3 is 2.68 bits per heavy atom. The Morgan fingerprint density at radius 2 is 2.05 bits per heavy atom. The molecule has 0 fully saturated rings. The van der Waals surface area contributed by atoms with Gasteiger partial charge in [0.15, 0.2) is 0 Å². The highest BCUT2D eigenvalue weighted by Crippen LogP contribution is 2.10. The summed E-state index contributed by atoms with van der Waals surface area (Å²) < 4.78 is 25.9. The van der Waals surface area contributed by atoms with E-state index in [0.29, 0.717) is 11.1 Å². The molecular formula is C12H15N3O3S. The van der Waals surface area contributed by atoms with Gasteiger partial charge in [0.1, 0.15) is 0 Å². The third kappa shape index (κ3) is 5.07. The molecule has 6 nitrogen and oxygen atoms in total. The van der Waals surface area contributed by atoms with Gasteiger partial charge in [-0.1, -0.05) is 18.2 Å². The van der Waals surface area contributed by atoms with Crippen LogP contribution in [0.4, 0.5) is 0 Å². The standard InChI is InChI=1S/C12H15N3O3S/c1-14-12(16)6-7-15-19(17,18)9-11-5-3-2-4-10(11)8-13/h2-5,15H,6-7,9H2,1H3,(H,14,16). The topological polar surface area (TPSA) is 99.1 Å². The highest BCUT2D eigenvalue weighted by Gasteiger charge is 2.14. The van der Waals surface area contributed by atoms with Gasteiger partial charge < -0.3 is 5.32 Å². The largest absolute Gasteiger partial charge is 0.359 e. The minimum absolute atomic E-state index is 0.0384. The number of sulfonamides is 1. The molecule has 0 aliphatic rings. The zero-order valence-corrected chi connectivity index (χ0v) is 11.3. The van der Waals surface area contributed by atoms with Crippen molar-refractivity contribution in [2.75, 3.05) is 13.6 Å². The van der Waals surface area contributed by atoms with Crippen molar-refractivity contribution in [1.82, 2.24) is 10.0 Å². The Hall–Kier alpha value is -1.91. The molecule has 1 aromatic carbocycles. The van der Waals surface area contributed by atoms with E-state index in [0.717, 1.165) is 0 Å². The molecule has 1 amide bonds. The van der Waals surface area contributed by atoms with E-state index >= 15 is 0 Å². The summed E-state index contributed by atoms with van der Waals surface area (Å²) in [7, 11) is -2.07. The van der Waals surface area contributed by atoms with E-state index in [9.17, 15) is 13.2 Å². The Labute approximate surface area is 112 Å². The summed E-state index contributed by atoms with van der Waals surface area (Å²) >= 11 is 0. The molecule has 0 radical (unpaired) electrons. The summed E-state index contributed by atoms with van der Waals surface area (Å²) in [5.74, 6) is -0.509. The minimum Gasteiger partial charge on any atom is -0.359 e. The van der Waals surface area contributed by atoms with E-state index in [1.165, 1.54) is 7.05 Å². The van der Waals surface area contributed by atoms with Gasteiger partial charge in [0.2, 0.25) is 15.9 Å². The zero-order chi connectivity index (χ0) is 14.3. The molecule has 102 valence electrons. The molecular weight excluding hydrogens is 266 g/mol. The van der Waals surface area contributed by atoms with Crippen LogP contribution in [0.15, 0.2) is 24.3 Å². The number of carbonyl (C=O) groups excluding carboxylic acids is 1. The van der Waals surface area contributed by atoms with Crippen LogP contribution in [0.2, 0.25) is 0 Å². The van der Waals surface area contributed by atoms with Crippen LogP contribution in [-0.4, -0.2) is 27.9 Å². The van der Waals surface area contributed by atoms with Crippen LogP contribution in [0, 0.1) is 11.3 Å². The van der Waals surface area contributed by atoms with Crippen molar-refractivity contribution in [3.63, 3.8) is 0 Å². The average molecular weight is 281 g/mol. The first-order valence-electron chi connectivity index (χ1n) is 5.64. The zero-order valence-electron chi connectivity index (χ0n) is 10.5. The fraction of sp³-hybridized carbons (Fsp3) is 0.333. The second kappa shape index (κ2) is 6.87. The van der Waals surface area contributed by atoms with E-state index in [1.807, 2.05) is 6.07 Å². The Balaban J connectivity index is 2.65.